The molecule has 3 N–H and O–H groups in total. The van der Waals surface area contributed by atoms with Crippen molar-refractivity contribution in [3.8, 4) is 0 Å². The first kappa shape index (κ1) is 11.5. The molecule has 4 nitrogen and oxygen atoms in total. The van der Waals surface area contributed by atoms with E-state index in [4.69, 9.17) is 10.6 Å². The summed E-state index contributed by atoms with van der Waals surface area (Å²) >= 11 is 0. The Kier molecular flexibility index (Phi) is 5.56. The maximum atomic E-state index is 5.37. The molecule has 0 aromatic rings. The van der Waals surface area contributed by atoms with Crippen molar-refractivity contribution in [2.24, 2.45) is 10.8 Å². The van der Waals surface area contributed by atoms with E-state index < -0.39 is 0 Å². The van der Waals surface area contributed by atoms with E-state index >= 15 is 0 Å². The summed E-state index contributed by atoms with van der Waals surface area (Å²) in [7, 11) is 0. The predicted octanol–water partition coefficient (Wildman–Crippen LogP) is 1.22. The second-order valence-electron chi connectivity index (χ2n) is 3.65. The van der Waals surface area contributed by atoms with Crippen molar-refractivity contribution in [2.75, 3.05) is 13.2 Å². The van der Waals surface area contributed by atoms with Crippen LogP contribution >= 0.6 is 0 Å². The summed E-state index contributed by atoms with van der Waals surface area (Å²) in [6, 6.07) is 0.454. The number of ether oxygens (including phenoxy) is 1. The molecule has 4 heteroatoms. The third kappa shape index (κ3) is 4.07. The number of rotatable bonds is 4. The van der Waals surface area contributed by atoms with E-state index in [1.807, 2.05) is 6.92 Å². The lowest BCUT2D eigenvalue weighted by Gasteiger charge is -2.19. The Labute approximate surface area is 85.9 Å². The Balaban J connectivity index is 2.35. The lowest BCUT2D eigenvalue weighted by atomic mass is 9.96. The first-order valence-electron chi connectivity index (χ1n) is 5.47. The smallest absolute Gasteiger partial charge is 0.137 e. The zero-order valence-corrected chi connectivity index (χ0v) is 8.96. The third-order valence-electron chi connectivity index (χ3n) is 2.52. The van der Waals surface area contributed by atoms with Crippen molar-refractivity contribution in [2.45, 2.75) is 45.1 Å². The van der Waals surface area contributed by atoms with Crippen LogP contribution in [0.1, 0.15) is 39.0 Å². The van der Waals surface area contributed by atoms with Crippen LogP contribution in [0.3, 0.4) is 0 Å². The molecule has 0 aromatic heterocycles. The fourth-order valence-corrected chi connectivity index (χ4v) is 1.75. The summed E-state index contributed by atoms with van der Waals surface area (Å²) in [5.74, 6) is 6.15. The van der Waals surface area contributed by atoms with Gasteiger partial charge in [0.25, 0.3) is 0 Å². The van der Waals surface area contributed by atoms with Crippen LogP contribution in [0.5, 0.6) is 0 Å². The topological polar surface area (TPSA) is 59.6 Å². The Morgan fingerprint density at radius 3 is 2.71 bits per heavy atom. The van der Waals surface area contributed by atoms with Gasteiger partial charge >= 0.3 is 0 Å². The molecule has 0 bridgehead atoms. The first-order valence-corrected chi connectivity index (χ1v) is 5.47. The summed E-state index contributed by atoms with van der Waals surface area (Å²) < 4.78 is 5.25. The number of aliphatic imine (C=N–C) groups is 1. The molecule has 1 aliphatic carbocycles. The molecule has 0 atom stereocenters. The fraction of sp³-hybridized carbons (Fsp3) is 0.900. The predicted molar refractivity (Wildman–Crippen MR) is 58.1 cm³/mol. The molecule has 0 aromatic carbocycles. The second kappa shape index (κ2) is 6.79. The Bertz CT molecular complexity index is 176. The molecular formula is C10H21N3O. The zero-order valence-electron chi connectivity index (χ0n) is 8.96. The van der Waals surface area contributed by atoms with Gasteiger partial charge in [-0.15, -0.1) is 0 Å². The molecule has 0 amide bonds. The fourth-order valence-electron chi connectivity index (χ4n) is 1.75. The van der Waals surface area contributed by atoms with E-state index in [1.165, 1.54) is 32.1 Å². The largest absolute Gasteiger partial charge is 0.374 e. The molecule has 0 heterocycles. The number of nitrogens with two attached hydrogens (primary N) is 1. The van der Waals surface area contributed by atoms with Crippen LogP contribution in [0.4, 0.5) is 0 Å². The summed E-state index contributed by atoms with van der Waals surface area (Å²) in [4.78, 5) is 4.55. The molecule has 1 fully saturated rings. The highest BCUT2D eigenvalue weighted by Crippen LogP contribution is 2.20. The van der Waals surface area contributed by atoms with Crippen LogP contribution in [-0.2, 0) is 4.74 Å². The maximum Gasteiger partial charge on any atom is 0.137 e. The number of hydrogen-bond donors (Lipinski definition) is 2. The number of nitrogens with zero attached hydrogens (tertiary/aromatic N) is 1. The minimum atomic E-state index is 0.454. The van der Waals surface area contributed by atoms with Gasteiger partial charge < -0.3 is 10.2 Å². The van der Waals surface area contributed by atoms with Crippen molar-refractivity contribution in [1.82, 2.24) is 5.43 Å². The normalized spacial score (nSPS) is 19.7. The van der Waals surface area contributed by atoms with Crippen LogP contribution < -0.4 is 11.3 Å². The molecule has 0 radical (unpaired) electrons. The molecule has 0 saturated heterocycles. The summed E-state index contributed by atoms with van der Waals surface area (Å²) in [6.45, 7) is 3.17. The minimum absolute atomic E-state index is 0.454. The van der Waals surface area contributed by atoms with E-state index in [-0.39, 0.29) is 0 Å². The van der Waals surface area contributed by atoms with Crippen LogP contribution in [0, 0.1) is 0 Å². The lowest BCUT2D eigenvalue weighted by molar-refractivity contribution is 0.184. The van der Waals surface area contributed by atoms with Crippen molar-refractivity contribution >= 4 is 5.84 Å². The first-order chi connectivity index (χ1) is 6.86. The molecule has 1 rings (SSSR count). The van der Waals surface area contributed by atoms with Gasteiger partial charge in [0.15, 0.2) is 0 Å². The highest BCUT2D eigenvalue weighted by atomic mass is 16.5. The number of hydrazine groups is 1. The van der Waals surface area contributed by atoms with Crippen LogP contribution in [-0.4, -0.2) is 25.1 Å². The van der Waals surface area contributed by atoms with Crippen molar-refractivity contribution in [3.63, 3.8) is 0 Å². The van der Waals surface area contributed by atoms with Crippen molar-refractivity contribution in [3.05, 3.63) is 0 Å². The molecule has 0 unspecified atom stereocenters. The van der Waals surface area contributed by atoms with Gasteiger partial charge in [0.2, 0.25) is 0 Å². The maximum absolute atomic E-state index is 5.37. The molecule has 1 saturated carbocycles. The van der Waals surface area contributed by atoms with Gasteiger partial charge in [-0.05, 0) is 19.8 Å². The van der Waals surface area contributed by atoms with Gasteiger partial charge in [-0.25, -0.2) is 5.84 Å². The van der Waals surface area contributed by atoms with Crippen molar-refractivity contribution in [1.29, 1.82) is 0 Å². The highest BCUT2D eigenvalue weighted by Gasteiger charge is 2.12. The Hall–Kier alpha value is -0.610. The zero-order chi connectivity index (χ0) is 10.2. The summed E-state index contributed by atoms with van der Waals surface area (Å²) in [5, 5.41) is 0. The average molecular weight is 199 g/mol. The van der Waals surface area contributed by atoms with Gasteiger partial charge in [-0.1, -0.05) is 19.3 Å². The van der Waals surface area contributed by atoms with Crippen LogP contribution in [0.15, 0.2) is 4.99 Å². The summed E-state index contributed by atoms with van der Waals surface area (Å²) in [6.07, 6.45) is 6.32. The minimum Gasteiger partial charge on any atom is -0.374 e. The number of amidine groups is 1. The van der Waals surface area contributed by atoms with Crippen LogP contribution in [0.2, 0.25) is 0 Å². The molecule has 1 aliphatic rings. The van der Waals surface area contributed by atoms with Gasteiger partial charge in [0, 0.05) is 6.61 Å². The van der Waals surface area contributed by atoms with E-state index in [1.54, 1.807) is 0 Å². The average Bonchev–Trinajstić information content (AvgIpc) is 2.25. The molecule has 14 heavy (non-hydrogen) atoms. The third-order valence-corrected chi connectivity index (χ3v) is 2.52. The lowest BCUT2D eigenvalue weighted by Crippen LogP contribution is -2.35. The van der Waals surface area contributed by atoms with Gasteiger partial charge in [-0.3, -0.25) is 4.99 Å². The monoisotopic (exact) mass is 199 g/mol. The quantitative estimate of drug-likeness (QED) is 0.310. The van der Waals surface area contributed by atoms with E-state index in [9.17, 15) is 0 Å². The highest BCUT2D eigenvalue weighted by molar-refractivity contribution is 5.82. The molecule has 0 spiro atoms. The van der Waals surface area contributed by atoms with Crippen molar-refractivity contribution < 1.29 is 4.74 Å². The van der Waals surface area contributed by atoms with E-state index in [2.05, 4.69) is 10.4 Å². The standard InChI is InChI=1S/C10H21N3O/c1-2-14-8-10(13-11)12-9-6-4-3-5-7-9/h9H,2-8,11H2,1H3,(H,12,13). The van der Waals surface area contributed by atoms with Gasteiger partial charge in [0.1, 0.15) is 12.4 Å². The number of hydrogen-bond acceptors (Lipinski definition) is 3. The van der Waals surface area contributed by atoms with Gasteiger partial charge in [-0.2, -0.15) is 0 Å². The molecule has 0 aliphatic heterocycles. The number of nitrogens with one attached hydrogen (secondary N) is 1. The Morgan fingerprint density at radius 2 is 2.14 bits per heavy atom. The SMILES string of the molecule is CCOCC(=NC1CCCCC1)NN. The van der Waals surface area contributed by atoms with E-state index in [0.717, 1.165) is 5.84 Å². The van der Waals surface area contributed by atoms with E-state index in [0.29, 0.717) is 19.3 Å². The van der Waals surface area contributed by atoms with Gasteiger partial charge in [0.05, 0.1) is 6.04 Å². The molecule has 82 valence electrons. The Morgan fingerprint density at radius 1 is 1.43 bits per heavy atom. The second-order valence-corrected chi connectivity index (χ2v) is 3.65. The summed E-state index contributed by atoms with van der Waals surface area (Å²) in [5.41, 5.74) is 2.61. The van der Waals surface area contributed by atoms with Crippen LogP contribution in [0.25, 0.3) is 0 Å². The molecular weight excluding hydrogens is 178 g/mol.